The van der Waals surface area contributed by atoms with Crippen molar-refractivity contribution in [2.45, 2.75) is 19.6 Å². The number of halogens is 2. The van der Waals surface area contributed by atoms with Crippen molar-refractivity contribution in [2.24, 2.45) is 0 Å². The zero-order valence-electron chi connectivity index (χ0n) is 19.1. The Morgan fingerprint density at radius 3 is 2.17 bits per heavy atom. The monoisotopic (exact) mass is 492 g/mol. The molecule has 3 N–H and O–H groups in total. The van der Waals surface area contributed by atoms with E-state index in [4.69, 9.17) is 0 Å². The Kier molecular flexibility index (Phi) is 7.49. The summed E-state index contributed by atoms with van der Waals surface area (Å²) in [5, 5.41) is 12.7. The number of hydrogen-bond acceptors (Lipinski definition) is 6. The maximum absolute atomic E-state index is 12.9. The first kappa shape index (κ1) is 24.3. The number of para-hydroxylation sites is 1. The molecule has 0 bridgehead atoms. The third-order valence-corrected chi connectivity index (χ3v) is 5.15. The van der Waals surface area contributed by atoms with Crippen molar-refractivity contribution in [2.75, 3.05) is 16.0 Å². The third-order valence-electron chi connectivity index (χ3n) is 5.15. The Morgan fingerprint density at radius 2 is 1.53 bits per heavy atom. The van der Waals surface area contributed by atoms with E-state index in [0.29, 0.717) is 28.3 Å². The number of aromatic nitrogens is 3. The van der Waals surface area contributed by atoms with Crippen LogP contribution >= 0.6 is 0 Å². The summed E-state index contributed by atoms with van der Waals surface area (Å²) in [6.45, 7) is -1.20. The second-order valence-corrected chi connectivity index (χ2v) is 7.65. The summed E-state index contributed by atoms with van der Waals surface area (Å²) in [5.74, 6) is -0.576. The molecule has 184 valence electrons. The van der Waals surface area contributed by atoms with E-state index in [1.54, 1.807) is 67.6 Å². The van der Waals surface area contributed by atoms with E-state index < -0.39 is 12.7 Å². The van der Waals surface area contributed by atoms with Crippen LogP contribution in [0.2, 0.25) is 0 Å². The lowest BCUT2D eigenvalue weighted by molar-refractivity contribution is -0.119. The van der Waals surface area contributed by atoms with Gasteiger partial charge in [0.25, 0.3) is 5.91 Å². The summed E-state index contributed by atoms with van der Waals surface area (Å²) in [6.07, 6.45) is 2.82. The maximum atomic E-state index is 12.9. The Bertz CT molecular complexity index is 1310. The number of benzene rings is 3. The minimum Gasteiger partial charge on any atom is -0.435 e. The van der Waals surface area contributed by atoms with E-state index in [1.807, 2.05) is 0 Å². The highest BCUT2D eigenvalue weighted by molar-refractivity contribution is 6.08. The predicted molar refractivity (Wildman–Crippen MR) is 131 cm³/mol. The van der Waals surface area contributed by atoms with Crippen LogP contribution in [0.1, 0.15) is 23.3 Å². The quantitative estimate of drug-likeness (QED) is 0.301. The molecule has 0 saturated heterocycles. The molecule has 1 aromatic heterocycles. The van der Waals surface area contributed by atoms with Gasteiger partial charge in [-0.25, -0.2) is 9.67 Å². The van der Waals surface area contributed by atoms with Crippen LogP contribution in [0.15, 0.2) is 85.5 Å². The first-order valence-electron chi connectivity index (χ1n) is 10.9. The SMILES string of the molecule is CC(C(=O)Nc1ccc(NC(=O)c2ccccc2Nc2ccc(OC(F)F)cc2)cc1)n1cncn1. The van der Waals surface area contributed by atoms with Gasteiger partial charge in [0.05, 0.1) is 11.3 Å². The Morgan fingerprint density at radius 1 is 0.889 bits per heavy atom. The minimum atomic E-state index is -2.90. The van der Waals surface area contributed by atoms with Crippen molar-refractivity contribution < 1.29 is 23.1 Å². The molecule has 0 aliphatic carbocycles. The van der Waals surface area contributed by atoms with Crippen molar-refractivity contribution in [1.82, 2.24) is 14.8 Å². The van der Waals surface area contributed by atoms with Crippen LogP contribution in [0.25, 0.3) is 0 Å². The molecule has 0 saturated carbocycles. The fourth-order valence-corrected chi connectivity index (χ4v) is 3.28. The van der Waals surface area contributed by atoms with Crippen LogP contribution in [0.5, 0.6) is 5.75 Å². The fraction of sp³-hybridized carbons (Fsp3) is 0.120. The number of hydrogen-bond donors (Lipinski definition) is 3. The van der Waals surface area contributed by atoms with E-state index in [9.17, 15) is 18.4 Å². The van der Waals surface area contributed by atoms with Gasteiger partial charge >= 0.3 is 6.61 Å². The lowest BCUT2D eigenvalue weighted by Crippen LogP contribution is -2.24. The number of amides is 2. The summed E-state index contributed by atoms with van der Waals surface area (Å²) in [7, 11) is 0. The third kappa shape index (κ3) is 6.20. The summed E-state index contributed by atoms with van der Waals surface area (Å²) < 4.78 is 30.5. The largest absolute Gasteiger partial charge is 0.435 e. The molecule has 1 heterocycles. The molecule has 4 rings (SSSR count). The average molecular weight is 492 g/mol. The zero-order chi connectivity index (χ0) is 25.5. The van der Waals surface area contributed by atoms with Gasteiger partial charge in [-0.15, -0.1) is 0 Å². The highest BCUT2D eigenvalue weighted by Crippen LogP contribution is 2.25. The van der Waals surface area contributed by atoms with Crippen LogP contribution in [0, 0.1) is 0 Å². The first-order chi connectivity index (χ1) is 17.4. The molecule has 2 amide bonds. The Hall–Kier alpha value is -4.80. The molecular weight excluding hydrogens is 470 g/mol. The normalized spacial score (nSPS) is 11.6. The van der Waals surface area contributed by atoms with Crippen molar-refractivity contribution in [3.8, 4) is 5.75 Å². The second-order valence-electron chi connectivity index (χ2n) is 7.65. The summed E-state index contributed by atoms with van der Waals surface area (Å²) >= 11 is 0. The van der Waals surface area contributed by atoms with Crippen molar-refractivity contribution in [1.29, 1.82) is 0 Å². The molecule has 1 unspecified atom stereocenters. The summed E-state index contributed by atoms with van der Waals surface area (Å²) in [5.41, 5.74) is 2.60. The van der Waals surface area contributed by atoms with Gasteiger partial charge in [-0.1, -0.05) is 12.1 Å². The van der Waals surface area contributed by atoms with Crippen LogP contribution in [-0.4, -0.2) is 33.2 Å². The van der Waals surface area contributed by atoms with Crippen LogP contribution in [0.4, 0.5) is 31.5 Å². The molecule has 0 radical (unpaired) electrons. The molecule has 4 aromatic rings. The second kappa shape index (κ2) is 11.1. The number of alkyl halides is 2. The van der Waals surface area contributed by atoms with E-state index in [1.165, 1.54) is 29.5 Å². The number of carbonyl (C=O) groups excluding carboxylic acids is 2. The maximum Gasteiger partial charge on any atom is 0.387 e. The number of nitrogens with one attached hydrogen (secondary N) is 3. The van der Waals surface area contributed by atoms with Crippen LogP contribution in [0.3, 0.4) is 0 Å². The number of carbonyl (C=O) groups is 2. The van der Waals surface area contributed by atoms with E-state index >= 15 is 0 Å². The van der Waals surface area contributed by atoms with E-state index in [-0.39, 0.29) is 17.6 Å². The highest BCUT2D eigenvalue weighted by atomic mass is 19.3. The van der Waals surface area contributed by atoms with Gasteiger partial charge in [0.2, 0.25) is 5.91 Å². The van der Waals surface area contributed by atoms with Crippen molar-refractivity contribution >= 4 is 34.6 Å². The van der Waals surface area contributed by atoms with Gasteiger partial charge < -0.3 is 20.7 Å². The Labute approximate surface area is 205 Å². The molecule has 0 aliphatic heterocycles. The molecule has 3 aromatic carbocycles. The smallest absolute Gasteiger partial charge is 0.387 e. The van der Waals surface area contributed by atoms with Gasteiger partial charge in [0.1, 0.15) is 24.4 Å². The number of ether oxygens (including phenoxy) is 1. The van der Waals surface area contributed by atoms with Crippen molar-refractivity contribution in [3.63, 3.8) is 0 Å². The number of nitrogens with zero attached hydrogens (tertiary/aromatic N) is 3. The topological polar surface area (TPSA) is 110 Å². The summed E-state index contributed by atoms with van der Waals surface area (Å²) in [4.78, 5) is 29.2. The molecule has 0 fully saturated rings. The molecule has 0 aliphatic rings. The highest BCUT2D eigenvalue weighted by Gasteiger charge is 2.16. The number of rotatable bonds is 9. The minimum absolute atomic E-state index is 0.0362. The lowest BCUT2D eigenvalue weighted by Gasteiger charge is -2.14. The van der Waals surface area contributed by atoms with Crippen LogP contribution < -0.4 is 20.7 Å². The van der Waals surface area contributed by atoms with Gasteiger partial charge in [-0.05, 0) is 67.6 Å². The van der Waals surface area contributed by atoms with Crippen LogP contribution in [-0.2, 0) is 4.79 Å². The lowest BCUT2D eigenvalue weighted by atomic mass is 10.1. The molecule has 0 spiro atoms. The van der Waals surface area contributed by atoms with E-state index in [0.717, 1.165) is 0 Å². The fourth-order valence-electron chi connectivity index (χ4n) is 3.28. The standard InChI is InChI=1S/C25H22F2N6O3/c1-16(33-15-28-14-29-33)23(34)31-18-6-8-19(9-7-18)32-24(35)21-4-2-3-5-22(21)30-17-10-12-20(13-11-17)36-25(26)27/h2-16,25,30H,1H3,(H,31,34)(H,32,35). The van der Waals surface area contributed by atoms with E-state index in [2.05, 4.69) is 30.8 Å². The molecular formula is C25H22F2N6O3. The molecule has 9 nitrogen and oxygen atoms in total. The average Bonchev–Trinajstić information content (AvgIpc) is 3.41. The van der Waals surface area contributed by atoms with Gasteiger partial charge in [0.15, 0.2) is 0 Å². The van der Waals surface area contributed by atoms with Gasteiger partial charge in [0, 0.05) is 17.1 Å². The van der Waals surface area contributed by atoms with Gasteiger partial charge in [-0.2, -0.15) is 13.9 Å². The number of anilines is 4. The van der Waals surface area contributed by atoms with Gasteiger partial charge in [-0.3, -0.25) is 9.59 Å². The molecule has 1 atom stereocenters. The summed E-state index contributed by atoms with van der Waals surface area (Å²) in [6, 6.07) is 19.0. The molecule has 11 heteroatoms. The van der Waals surface area contributed by atoms with Crippen molar-refractivity contribution in [3.05, 3.63) is 91.0 Å². The first-order valence-corrected chi connectivity index (χ1v) is 10.9. The Balaban J connectivity index is 1.39. The zero-order valence-corrected chi connectivity index (χ0v) is 19.1. The molecule has 36 heavy (non-hydrogen) atoms. The predicted octanol–water partition coefficient (Wildman–Crippen LogP) is 5.08.